The number of amides is 3. The monoisotopic (exact) mass is 640 g/mol. The summed E-state index contributed by atoms with van der Waals surface area (Å²) in [4.78, 5) is 46.4. The van der Waals surface area contributed by atoms with Crippen LogP contribution in [0.4, 0.5) is 5.69 Å². The molecule has 2 aromatic carbocycles. The van der Waals surface area contributed by atoms with Crippen molar-refractivity contribution in [3.63, 3.8) is 0 Å². The van der Waals surface area contributed by atoms with Gasteiger partial charge in [-0.2, -0.15) is 0 Å². The van der Waals surface area contributed by atoms with Gasteiger partial charge in [-0.25, -0.2) is 4.98 Å². The van der Waals surface area contributed by atoms with Crippen molar-refractivity contribution in [1.82, 2.24) is 25.9 Å². The van der Waals surface area contributed by atoms with Crippen LogP contribution in [0.2, 0.25) is 0 Å². The SMILES string of the molecule is CCC/C=c1\cc(-c2ccc(C(=O)NCC(=O)NC)cc2)c(NC(=O)c2csc(-c3cccnc3)n2)c\c1=C\NCCC(C)(C)O. The van der Waals surface area contributed by atoms with E-state index >= 15 is 0 Å². The van der Waals surface area contributed by atoms with Gasteiger partial charge in [-0.15, -0.1) is 11.3 Å². The van der Waals surface area contributed by atoms with Gasteiger partial charge in [0.05, 0.1) is 12.1 Å². The summed E-state index contributed by atoms with van der Waals surface area (Å²) in [7, 11) is 1.51. The number of rotatable bonds is 13. The average molecular weight is 641 g/mol. The van der Waals surface area contributed by atoms with Crippen LogP contribution in [0.3, 0.4) is 0 Å². The molecule has 0 radical (unpaired) electrons. The van der Waals surface area contributed by atoms with Gasteiger partial charge in [-0.1, -0.05) is 31.6 Å². The molecule has 0 atom stereocenters. The molecule has 10 nitrogen and oxygen atoms in total. The lowest BCUT2D eigenvalue weighted by atomic mass is 9.99. The van der Waals surface area contributed by atoms with Crippen LogP contribution in [0.25, 0.3) is 34.0 Å². The van der Waals surface area contributed by atoms with Gasteiger partial charge in [-0.05, 0) is 79.1 Å². The zero-order chi connectivity index (χ0) is 33.1. The second-order valence-electron chi connectivity index (χ2n) is 11.3. The van der Waals surface area contributed by atoms with Crippen molar-refractivity contribution in [2.24, 2.45) is 0 Å². The molecule has 0 spiro atoms. The van der Waals surface area contributed by atoms with Gasteiger partial charge in [0.25, 0.3) is 11.8 Å². The van der Waals surface area contributed by atoms with Gasteiger partial charge >= 0.3 is 0 Å². The lowest BCUT2D eigenvalue weighted by molar-refractivity contribution is -0.119. The minimum atomic E-state index is -0.797. The number of unbranched alkanes of at least 4 members (excludes halogenated alkanes) is 1. The number of carbonyl (C=O) groups is 3. The third-order valence-corrected chi connectivity index (χ3v) is 7.95. The highest BCUT2D eigenvalue weighted by Crippen LogP contribution is 2.28. The number of hydrogen-bond donors (Lipinski definition) is 5. The van der Waals surface area contributed by atoms with E-state index in [1.807, 2.05) is 42.6 Å². The van der Waals surface area contributed by atoms with Crippen molar-refractivity contribution >= 4 is 47.0 Å². The first kappa shape index (κ1) is 34.0. The Morgan fingerprint density at radius 1 is 1.02 bits per heavy atom. The van der Waals surface area contributed by atoms with E-state index in [1.54, 1.807) is 43.8 Å². The molecule has 0 saturated heterocycles. The molecule has 46 heavy (non-hydrogen) atoms. The molecular formula is C35H40N6O4S. The Morgan fingerprint density at radius 3 is 2.48 bits per heavy atom. The average Bonchev–Trinajstić information content (AvgIpc) is 3.56. The molecule has 5 N–H and O–H groups in total. The Kier molecular flexibility index (Phi) is 11.8. The third kappa shape index (κ3) is 9.56. The Balaban J connectivity index is 1.72. The summed E-state index contributed by atoms with van der Waals surface area (Å²) in [6.07, 6.45) is 9.82. The topological polar surface area (TPSA) is 145 Å². The summed E-state index contributed by atoms with van der Waals surface area (Å²) in [6.45, 7) is 6.10. The summed E-state index contributed by atoms with van der Waals surface area (Å²) in [5.41, 5.74) is 2.85. The Morgan fingerprint density at radius 2 is 1.80 bits per heavy atom. The van der Waals surface area contributed by atoms with E-state index in [0.717, 1.165) is 40.0 Å². The predicted octanol–water partition coefficient (Wildman–Crippen LogP) is 3.67. The van der Waals surface area contributed by atoms with Crippen LogP contribution in [0, 0.1) is 0 Å². The normalized spacial score (nSPS) is 12.1. The molecule has 4 rings (SSSR count). The molecule has 0 aliphatic rings. The molecule has 11 heteroatoms. The number of nitrogens with zero attached hydrogens (tertiary/aromatic N) is 2. The van der Waals surface area contributed by atoms with Gasteiger partial charge in [0.15, 0.2) is 0 Å². The van der Waals surface area contributed by atoms with Crippen molar-refractivity contribution in [2.45, 2.75) is 45.6 Å². The zero-order valence-corrected chi connectivity index (χ0v) is 27.3. The van der Waals surface area contributed by atoms with Crippen LogP contribution in [0.15, 0.2) is 66.3 Å². The minimum absolute atomic E-state index is 0.120. The van der Waals surface area contributed by atoms with E-state index in [0.29, 0.717) is 29.2 Å². The molecule has 0 fully saturated rings. The fourth-order valence-corrected chi connectivity index (χ4v) is 5.27. The first-order valence-corrected chi connectivity index (χ1v) is 16.0. The fourth-order valence-electron chi connectivity index (χ4n) is 4.48. The fraction of sp³-hybridized carbons (Fsp3) is 0.286. The molecule has 2 heterocycles. The number of anilines is 1. The maximum Gasteiger partial charge on any atom is 0.275 e. The van der Waals surface area contributed by atoms with Crippen LogP contribution in [-0.4, -0.2) is 58.5 Å². The Hall–Kier alpha value is -4.87. The van der Waals surface area contributed by atoms with Crippen molar-refractivity contribution in [1.29, 1.82) is 0 Å². The first-order chi connectivity index (χ1) is 22.1. The van der Waals surface area contributed by atoms with Crippen molar-refractivity contribution < 1.29 is 19.5 Å². The molecule has 0 unspecified atom stereocenters. The molecule has 0 aliphatic carbocycles. The van der Waals surface area contributed by atoms with Crippen LogP contribution < -0.4 is 31.7 Å². The molecule has 2 aromatic heterocycles. The summed E-state index contributed by atoms with van der Waals surface area (Å²) >= 11 is 1.37. The maximum absolute atomic E-state index is 13.5. The van der Waals surface area contributed by atoms with Crippen LogP contribution in [0.5, 0.6) is 0 Å². The molecule has 3 amide bonds. The number of carbonyl (C=O) groups excluding carboxylic acids is 3. The highest BCUT2D eigenvalue weighted by atomic mass is 32.1. The summed E-state index contributed by atoms with van der Waals surface area (Å²) in [5, 5.41) is 25.9. The maximum atomic E-state index is 13.5. The highest BCUT2D eigenvalue weighted by Gasteiger charge is 2.16. The van der Waals surface area contributed by atoms with E-state index < -0.39 is 5.60 Å². The number of aliphatic hydroxyl groups is 1. The van der Waals surface area contributed by atoms with Crippen molar-refractivity contribution in [3.8, 4) is 21.7 Å². The minimum Gasteiger partial charge on any atom is -0.390 e. The molecule has 4 aromatic rings. The number of hydrogen-bond acceptors (Lipinski definition) is 8. The summed E-state index contributed by atoms with van der Waals surface area (Å²) in [5.74, 6) is -1.01. The molecule has 0 saturated carbocycles. The highest BCUT2D eigenvalue weighted by molar-refractivity contribution is 7.13. The van der Waals surface area contributed by atoms with Crippen molar-refractivity contribution in [3.05, 3.63) is 88.0 Å². The van der Waals surface area contributed by atoms with E-state index in [2.05, 4.69) is 44.2 Å². The number of thiazole rings is 1. The predicted molar refractivity (Wildman–Crippen MR) is 184 cm³/mol. The standard InChI is InChI=1S/C35H40N6O4S/c1-5-6-8-25-17-28(23-10-12-24(13-11-23)32(43)39-21-31(42)36-4)29(18-27(25)20-38-16-14-35(2,3)45)40-33(44)30-22-46-34(41-30)26-9-7-15-37-19-26/h7-13,15,17-20,22,38,45H,5-6,14,16,21H2,1-4H3,(H,36,42)(H,39,43)(H,40,44)/b25-8+,27-20-. The van der Waals surface area contributed by atoms with Gasteiger partial charge in [-0.3, -0.25) is 19.4 Å². The van der Waals surface area contributed by atoms with Gasteiger partial charge in [0.1, 0.15) is 10.7 Å². The lowest BCUT2D eigenvalue weighted by Crippen LogP contribution is -2.35. The van der Waals surface area contributed by atoms with Crippen LogP contribution in [-0.2, 0) is 4.79 Å². The van der Waals surface area contributed by atoms with E-state index in [4.69, 9.17) is 0 Å². The first-order valence-electron chi connectivity index (χ1n) is 15.1. The molecule has 0 aliphatic heterocycles. The summed E-state index contributed by atoms with van der Waals surface area (Å²) < 4.78 is 0. The van der Waals surface area contributed by atoms with E-state index in [1.165, 1.54) is 18.4 Å². The number of benzene rings is 2. The number of pyridine rings is 1. The van der Waals surface area contributed by atoms with Gasteiger partial charge in [0.2, 0.25) is 5.91 Å². The van der Waals surface area contributed by atoms with Gasteiger partial charge in [0, 0.05) is 59.9 Å². The zero-order valence-electron chi connectivity index (χ0n) is 26.5. The third-order valence-electron chi connectivity index (χ3n) is 7.05. The van der Waals surface area contributed by atoms with E-state index in [-0.39, 0.29) is 30.0 Å². The van der Waals surface area contributed by atoms with Gasteiger partial charge < -0.3 is 26.4 Å². The number of aromatic nitrogens is 2. The second kappa shape index (κ2) is 15.9. The Labute approximate surface area is 272 Å². The quantitative estimate of drug-likeness (QED) is 0.140. The van der Waals surface area contributed by atoms with Crippen molar-refractivity contribution in [2.75, 3.05) is 25.5 Å². The largest absolute Gasteiger partial charge is 0.390 e. The smallest absolute Gasteiger partial charge is 0.275 e. The molecular weight excluding hydrogens is 600 g/mol. The number of nitrogens with one attached hydrogen (secondary N) is 4. The molecule has 0 bridgehead atoms. The van der Waals surface area contributed by atoms with E-state index in [9.17, 15) is 19.5 Å². The second-order valence-corrected chi connectivity index (χ2v) is 12.2. The lowest BCUT2D eigenvalue weighted by Gasteiger charge is -2.16. The summed E-state index contributed by atoms with van der Waals surface area (Å²) in [6, 6.07) is 14.7. The van der Waals surface area contributed by atoms with Crippen LogP contribution in [0.1, 0.15) is 60.9 Å². The Bertz CT molecular complexity index is 1780. The van der Waals surface area contributed by atoms with Crippen LogP contribution >= 0.6 is 11.3 Å². The molecule has 240 valence electrons. The number of likely N-dealkylation sites (N-methyl/N-ethyl adjacent to an activating group) is 1.